The van der Waals surface area contributed by atoms with Crippen molar-refractivity contribution in [3.63, 3.8) is 0 Å². The maximum atomic E-state index is 4.79. The van der Waals surface area contributed by atoms with Crippen LogP contribution in [0.2, 0.25) is 0 Å². The predicted octanol–water partition coefficient (Wildman–Crippen LogP) is 4.43. The highest BCUT2D eigenvalue weighted by Gasteiger charge is 2.07. The molecule has 19 heavy (non-hydrogen) atoms. The van der Waals surface area contributed by atoms with E-state index in [4.69, 9.17) is 4.98 Å². The molecule has 2 nitrogen and oxygen atoms in total. The van der Waals surface area contributed by atoms with Crippen molar-refractivity contribution >= 4 is 16.6 Å². The average molecular weight is 256 g/mol. The standard InChI is InChI=1S/C17H24N2/c1-5-6-13-7-8-16-15(10-13)17(18-4)11-14(19-16)9-12(2)3/h7-8,10-12H,5-6,9H2,1-4H3,(H,18,19). The molecule has 0 unspecified atom stereocenters. The van der Waals surface area contributed by atoms with Crippen LogP contribution in [0, 0.1) is 5.92 Å². The Hall–Kier alpha value is -1.57. The minimum atomic E-state index is 0.633. The molecule has 0 aliphatic carbocycles. The van der Waals surface area contributed by atoms with Gasteiger partial charge < -0.3 is 5.32 Å². The number of benzene rings is 1. The summed E-state index contributed by atoms with van der Waals surface area (Å²) in [6, 6.07) is 8.83. The highest BCUT2D eigenvalue weighted by Crippen LogP contribution is 2.25. The van der Waals surface area contributed by atoms with Gasteiger partial charge in [-0.1, -0.05) is 33.3 Å². The van der Waals surface area contributed by atoms with Gasteiger partial charge in [0.25, 0.3) is 0 Å². The number of hydrogen-bond acceptors (Lipinski definition) is 2. The monoisotopic (exact) mass is 256 g/mol. The Morgan fingerprint density at radius 1 is 1.21 bits per heavy atom. The Morgan fingerprint density at radius 3 is 2.63 bits per heavy atom. The van der Waals surface area contributed by atoms with Crippen LogP contribution < -0.4 is 5.32 Å². The third-order valence-corrected chi connectivity index (χ3v) is 3.35. The summed E-state index contributed by atoms with van der Waals surface area (Å²) in [5.74, 6) is 0.633. The van der Waals surface area contributed by atoms with Crippen LogP contribution in [-0.2, 0) is 12.8 Å². The van der Waals surface area contributed by atoms with Crippen LogP contribution in [0.5, 0.6) is 0 Å². The maximum absolute atomic E-state index is 4.79. The zero-order chi connectivity index (χ0) is 13.8. The smallest absolute Gasteiger partial charge is 0.0726 e. The molecule has 1 heterocycles. The fourth-order valence-corrected chi connectivity index (χ4v) is 2.50. The lowest BCUT2D eigenvalue weighted by Gasteiger charge is -2.12. The number of nitrogens with one attached hydrogen (secondary N) is 1. The summed E-state index contributed by atoms with van der Waals surface area (Å²) >= 11 is 0. The minimum Gasteiger partial charge on any atom is -0.388 e. The first-order valence-corrected chi connectivity index (χ1v) is 7.24. The van der Waals surface area contributed by atoms with Crippen molar-refractivity contribution in [2.45, 2.75) is 40.0 Å². The molecular weight excluding hydrogens is 232 g/mol. The molecule has 0 saturated carbocycles. The van der Waals surface area contributed by atoms with Gasteiger partial charge >= 0.3 is 0 Å². The maximum Gasteiger partial charge on any atom is 0.0726 e. The van der Waals surface area contributed by atoms with Crippen molar-refractivity contribution in [1.82, 2.24) is 4.98 Å². The molecule has 0 aliphatic rings. The second-order valence-electron chi connectivity index (χ2n) is 5.61. The van der Waals surface area contributed by atoms with Crippen molar-refractivity contribution in [2.75, 3.05) is 12.4 Å². The summed E-state index contributed by atoms with van der Waals surface area (Å²) in [4.78, 5) is 4.79. The second-order valence-corrected chi connectivity index (χ2v) is 5.61. The van der Waals surface area contributed by atoms with Gasteiger partial charge in [-0.25, -0.2) is 0 Å². The van der Waals surface area contributed by atoms with Gasteiger partial charge in [-0.2, -0.15) is 0 Å². The van der Waals surface area contributed by atoms with Crippen LogP contribution >= 0.6 is 0 Å². The van der Waals surface area contributed by atoms with Crippen LogP contribution in [0.25, 0.3) is 10.9 Å². The van der Waals surface area contributed by atoms with E-state index in [9.17, 15) is 0 Å². The van der Waals surface area contributed by atoms with E-state index in [1.165, 1.54) is 28.8 Å². The van der Waals surface area contributed by atoms with Gasteiger partial charge in [-0.05, 0) is 42.5 Å². The van der Waals surface area contributed by atoms with Crippen LogP contribution in [-0.4, -0.2) is 12.0 Å². The van der Waals surface area contributed by atoms with Crippen molar-refractivity contribution < 1.29 is 0 Å². The summed E-state index contributed by atoms with van der Waals surface area (Å²) in [5.41, 5.74) is 4.86. The van der Waals surface area contributed by atoms with Gasteiger partial charge in [-0.15, -0.1) is 0 Å². The number of fused-ring (bicyclic) bond motifs is 1. The summed E-state index contributed by atoms with van der Waals surface area (Å²) in [6.45, 7) is 6.68. The molecular formula is C17H24N2. The second kappa shape index (κ2) is 6.05. The van der Waals surface area contributed by atoms with Crippen LogP contribution in [0.15, 0.2) is 24.3 Å². The first-order valence-electron chi connectivity index (χ1n) is 7.24. The third-order valence-electron chi connectivity index (χ3n) is 3.35. The summed E-state index contributed by atoms with van der Waals surface area (Å²) in [5, 5.41) is 4.55. The molecule has 0 fully saturated rings. The number of rotatable bonds is 5. The number of aryl methyl sites for hydroxylation is 1. The molecule has 2 heteroatoms. The van der Waals surface area contributed by atoms with E-state index in [-0.39, 0.29) is 0 Å². The average Bonchev–Trinajstić information content (AvgIpc) is 2.38. The van der Waals surface area contributed by atoms with E-state index < -0.39 is 0 Å². The molecule has 0 amide bonds. The van der Waals surface area contributed by atoms with Crippen molar-refractivity contribution in [3.8, 4) is 0 Å². The number of aromatic nitrogens is 1. The molecule has 0 bridgehead atoms. The predicted molar refractivity (Wildman–Crippen MR) is 83.8 cm³/mol. The molecule has 2 rings (SSSR count). The molecule has 1 aromatic heterocycles. The summed E-state index contributed by atoms with van der Waals surface area (Å²) < 4.78 is 0. The molecule has 102 valence electrons. The molecule has 1 aromatic carbocycles. The summed E-state index contributed by atoms with van der Waals surface area (Å²) in [6.07, 6.45) is 3.34. The van der Waals surface area contributed by atoms with E-state index in [1.54, 1.807) is 0 Å². The van der Waals surface area contributed by atoms with E-state index >= 15 is 0 Å². The quantitative estimate of drug-likeness (QED) is 0.856. The third kappa shape index (κ3) is 3.25. The first kappa shape index (κ1) is 13.9. The fraction of sp³-hybridized carbons (Fsp3) is 0.471. The number of nitrogens with zero attached hydrogens (tertiary/aromatic N) is 1. The molecule has 0 radical (unpaired) electrons. The van der Waals surface area contributed by atoms with E-state index in [0.29, 0.717) is 5.92 Å². The highest BCUT2D eigenvalue weighted by atomic mass is 14.8. The fourth-order valence-electron chi connectivity index (χ4n) is 2.50. The first-order chi connectivity index (χ1) is 9.13. The molecule has 0 spiro atoms. The molecule has 1 N–H and O–H groups in total. The van der Waals surface area contributed by atoms with E-state index in [1.807, 2.05) is 7.05 Å². The van der Waals surface area contributed by atoms with Gasteiger partial charge in [0, 0.05) is 23.8 Å². The zero-order valence-electron chi connectivity index (χ0n) is 12.5. The number of anilines is 1. The Labute approximate surface area is 116 Å². The van der Waals surface area contributed by atoms with Gasteiger partial charge in [0.1, 0.15) is 0 Å². The van der Waals surface area contributed by atoms with Gasteiger partial charge in [0.2, 0.25) is 0 Å². The molecule has 0 aliphatic heterocycles. The number of pyridine rings is 1. The Bertz CT molecular complexity index is 558. The lowest BCUT2D eigenvalue weighted by Crippen LogP contribution is -2.01. The van der Waals surface area contributed by atoms with Gasteiger partial charge in [0.15, 0.2) is 0 Å². The topological polar surface area (TPSA) is 24.9 Å². The van der Waals surface area contributed by atoms with Crippen LogP contribution in [0.1, 0.15) is 38.4 Å². The normalized spacial score (nSPS) is 11.2. The molecule has 0 saturated heterocycles. The number of hydrogen-bond donors (Lipinski definition) is 1. The molecule has 2 aromatic rings. The van der Waals surface area contributed by atoms with Gasteiger partial charge in [0.05, 0.1) is 5.52 Å². The summed E-state index contributed by atoms with van der Waals surface area (Å²) in [7, 11) is 1.99. The van der Waals surface area contributed by atoms with Crippen LogP contribution in [0.4, 0.5) is 5.69 Å². The lowest BCUT2D eigenvalue weighted by molar-refractivity contribution is 0.637. The van der Waals surface area contributed by atoms with Crippen LogP contribution in [0.3, 0.4) is 0 Å². The molecule has 0 atom stereocenters. The minimum absolute atomic E-state index is 0.633. The van der Waals surface area contributed by atoms with E-state index in [2.05, 4.69) is 50.4 Å². The lowest BCUT2D eigenvalue weighted by atomic mass is 10.0. The Kier molecular flexibility index (Phi) is 4.41. The van der Waals surface area contributed by atoms with Crippen molar-refractivity contribution in [3.05, 3.63) is 35.5 Å². The SMILES string of the molecule is CCCc1ccc2nc(CC(C)C)cc(NC)c2c1. The van der Waals surface area contributed by atoms with Crippen molar-refractivity contribution in [2.24, 2.45) is 5.92 Å². The van der Waals surface area contributed by atoms with Crippen molar-refractivity contribution in [1.29, 1.82) is 0 Å². The van der Waals surface area contributed by atoms with Gasteiger partial charge in [-0.3, -0.25) is 4.98 Å². The van der Waals surface area contributed by atoms with E-state index in [0.717, 1.165) is 18.4 Å². The largest absolute Gasteiger partial charge is 0.388 e. The highest BCUT2D eigenvalue weighted by molar-refractivity contribution is 5.91. The Balaban J connectivity index is 2.49. The Morgan fingerprint density at radius 2 is 2.00 bits per heavy atom. The zero-order valence-corrected chi connectivity index (χ0v) is 12.5.